The van der Waals surface area contributed by atoms with Gasteiger partial charge in [-0.3, -0.25) is 10.9 Å². The van der Waals surface area contributed by atoms with Gasteiger partial charge in [0.25, 0.3) is 0 Å². The number of benzene rings is 2. The molecule has 2 N–H and O–H groups in total. The van der Waals surface area contributed by atoms with E-state index in [1.165, 1.54) is 12.1 Å². The number of nitrogens with one attached hydrogen (secondary N) is 2. The van der Waals surface area contributed by atoms with Crippen molar-refractivity contribution in [1.29, 1.82) is 0 Å². The van der Waals surface area contributed by atoms with E-state index in [0.29, 0.717) is 6.54 Å². The van der Waals surface area contributed by atoms with Crippen LogP contribution in [0.5, 0.6) is 5.75 Å². The number of methoxy groups -OCH3 is 1. The highest BCUT2D eigenvalue weighted by molar-refractivity contribution is 5.33. The third kappa shape index (κ3) is 4.22. The average Bonchev–Trinajstić information content (AvgIpc) is 2.51. The number of ether oxygens (including phenoxy) is 1. The standard InChI is InChI=1S/C16H17F3N2O/c1-22-15-9-5-3-7-13(15)11-21-20-10-12-6-2-4-8-14(12)16(17,18)19/h2-9,20-21H,10-11H2,1H3. The SMILES string of the molecule is COc1ccccc1CNNCc1ccccc1C(F)(F)F. The lowest BCUT2D eigenvalue weighted by Gasteiger charge is -2.14. The molecule has 6 heteroatoms. The van der Waals surface area contributed by atoms with E-state index in [9.17, 15) is 13.2 Å². The van der Waals surface area contributed by atoms with Gasteiger partial charge in [0.05, 0.1) is 12.7 Å². The maximum Gasteiger partial charge on any atom is 0.416 e. The Balaban J connectivity index is 1.92. The molecule has 0 atom stereocenters. The predicted octanol–water partition coefficient (Wildman–Crippen LogP) is 3.51. The van der Waals surface area contributed by atoms with E-state index in [1.54, 1.807) is 13.2 Å². The van der Waals surface area contributed by atoms with Crippen molar-refractivity contribution in [3.63, 3.8) is 0 Å². The van der Waals surface area contributed by atoms with E-state index in [1.807, 2.05) is 24.3 Å². The summed E-state index contributed by atoms with van der Waals surface area (Å²) in [7, 11) is 1.58. The van der Waals surface area contributed by atoms with Gasteiger partial charge in [-0.25, -0.2) is 0 Å². The third-order valence-corrected chi connectivity index (χ3v) is 3.20. The number of hydrazine groups is 1. The van der Waals surface area contributed by atoms with Crippen molar-refractivity contribution in [1.82, 2.24) is 10.9 Å². The first-order valence-corrected chi connectivity index (χ1v) is 6.75. The van der Waals surface area contributed by atoms with Gasteiger partial charge in [0.15, 0.2) is 0 Å². The van der Waals surface area contributed by atoms with Gasteiger partial charge in [-0.15, -0.1) is 0 Å². The summed E-state index contributed by atoms with van der Waals surface area (Å²) >= 11 is 0. The van der Waals surface area contributed by atoms with Crippen LogP contribution >= 0.6 is 0 Å². The van der Waals surface area contributed by atoms with Gasteiger partial charge in [-0.2, -0.15) is 13.2 Å². The van der Waals surface area contributed by atoms with E-state index in [0.717, 1.165) is 17.4 Å². The minimum atomic E-state index is -4.35. The Morgan fingerprint density at radius 1 is 0.864 bits per heavy atom. The Morgan fingerprint density at radius 2 is 1.41 bits per heavy atom. The van der Waals surface area contributed by atoms with Crippen LogP contribution in [-0.4, -0.2) is 7.11 Å². The van der Waals surface area contributed by atoms with Crippen molar-refractivity contribution < 1.29 is 17.9 Å². The first-order valence-electron chi connectivity index (χ1n) is 6.75. The zero-order valence-corrected chi connectivity index (χ0v) is 12.1. The van der Waals surface area contributed by atoms with Crippen molar-refractivity contribution in [2.24, 2.45) is 0 Å². The Bertz CT molecular complexity index is 614. The van der Waals surface area contributed by atoms with Crippen LogP contribution in [0.25, 0.3) is 0 Å². The lowest BCUT2D eigenvalue weighted by Crippen LogP contribution is -2.31. The molecule has 0 saturated carbocycles. The number of para-hydroxylation sites is 1. The molecule has 0 amide bonds. The number of alkyl halides is 3. The van der Waals surface area contributed by atoms with Crippen molar-refractivity contribution >= 4 is 0 Å². The van der Waals surface area contributed by atoms with Crippen LogP contribution < -0.4 is 15.6 Å². The van der Waals surface area contributed by atoms with E-state index in [2.05, 4.69) is 10.9 Å². The third-order valence-electron chi connectivity index (χ3n) is 3.20. The zero-order valence-electron chi connectivity index (χ0n) is 12.1. The number of rotatable bonds is 6. The Kier molecular flexibility index (Phi) is 5.41. The number of hydrogen-bond donors (Lipinski definition) is 2. The summed E-state index contributed by atoms with van der Waals surface area (Å²) in [5, 5.41) is 0. The molecule has 0 heterocycles. The summed E-state index contributed by atoms with van der Waals surface area (Å²) in [5.41, 5.74) is 6.21. The molecular weight excluding hydrogens is 293 g/mol. The second-order valence-electron chi connectivity index (χ2n) is 4.67. The van der Waals surface area contributed by atoms with Crippen LogP contribution in [0.2, 0.25) is 0 Å². The fraction of sp³-hybridized carbons (Fsp3) is 0.250. The highest BCUT2D eigenvalue weighted by Gasteiger charge is 2.32. The Hall–Kier alpha value is -2.05. The van der Waals surface area contributed by atoms with Crippen LogP contribution in [0.15, 0.2) is 48.5 Å². The quantitative estimate of drug-likeness (QED) is 0.633. The van der Waals surface area contributed by atoms with Gasteiger partial charge in [-0.05, 0) is 17.7 Å². The van der Waals surface area contributed by atoms with Crippen LogP contribution in [-0.2, 0) is 19.3 Å². The molecule has 0 radical (unpaired) electrons. The maximum atomic E-state index is 12.9. The predicted molar refractivity (Wildman–Crippen MR) is 78.1 cm³/mol. The van der Waals surface area contributed by atoms with E-state index in [4.69, 9.17) is 4.74 Å². The van der Waals surface area contributed by atoms with Gasteiger partial charge in [0.1, 0.15) is 5.75 Å². The maximum absolute atomic E-state index is 12.9. The summed E-state index contributed by atoms with van der Waals surface area (Å²) < 4.78 is 43.8. The highest BCUT2D eigenvalue weighted by Crippen LogP contribution is 2.31. The normalized spacial score (nSPS) is 11.5. The Labute approximate surface area is 127 Å². The van der Waals surface area contributed by atoms with Crippen molar-refractivity contribution in [2.45, 2.75) is 19.3 Å². The second-order valence-corrected chi connectivity index (χ2v) is 4.67. The molecule has 0 spiro atoms. The fourth-order valence-corrected chi connectivity index (χ4v) is 2.12. The molecule has 0 bridgehead atoms. The molecule has 3 nitrogen and oxygen atoms in total. The lowest BCUT2D eigenvalue weighted by molar-refractivity contribution is -0.138. The molecule has 0 aromatic heterocycles. The van der Waals surface area contributed by atoms with Crippen molar-refractivity contribution in [3.05, 3.63) is 65.2 Å². The molecule has 0 aliphatic carbocycles. The molecule has 2 rings (SSSR count). The van der Waals surface area contributed by atoms with Crippen molar-refractivity contribution in [2.75, 3.05) is 7.11 Å². The fourth-order valence-electron chi connectivity index (χ4n) is 2.12. The molecule has 0 aliphatic heterocycles. The lowest BCUT2D eigenvalue weighted by atomic mass is 10.1. The van der Waals surface area contributed by atoms with Gasteiger partial charge in [0, 0.05) is 18.7 Å². The smallest absolute Gasteiger partial charge is 0.416 e. The molecule has 118 valence electrons. The van der Waals surface area contributed by atoms with E-state index in [-0.39, 0.29) is 12.1 Å². The van der Waals surface area contributed by atoms with E-state index >= 15 is 0 Å². The van der Waals surface area contributed by atoms with Gasteiger partial charge < -0.3 is 4.74 Å². The molecule has 0 saturated heterocycles. The van der Waals surface area contributed by atoms with Crippen molar-refractivity contribution in [3.8, 4) is 5.75 Å². The van der Waals surface area contributed by atoms with Crippen LogP contribution in [0.1, 0.15) is 16.7 Å². The number of halogens is 3. The minimum Gasteiger partial charge on any atom is -0.496 e. The molecule has 0 unspecified atom stereocenters. The minimum absolute atomic E-state index is 0.0742. The van der Waals surface area contributed by atoms with Crippen LogP contribution in [0.4, 0.5) is 13.2 Å². The Morgan fingerprint density at radius 3 is 2.05 bits per heavy atom. The first-order chi connectivity index (χ1) is 10.5. The van der Waals surface area contributed by atoms with Crippen LogP contribution in [0, 0.1) is 0 Å². The first kappa shape index (κ1) is 16.3. The summed E-state index contributed by atoms with van der Waals surface area (Å²) in [6, 6.07) is 13.0. The van der Waals surface area contributed by atoms with Gasteiger partial charge >= 0.3 is 6.18 Å². The average molecular weight is 310 g/mol. The zero-order chi connectivity index (χ0) is 16.0. The highest BCUT2D eigenvalue weighted by atomic mass is 19.4. The summed E-state index contributed by atoms with van der Waals surface area (Å²) in [6.07, 6.45) is -4.35. The molecule has 2 aromatic carbocycles. The van der Waals surface area contributed by atoms with E-state index < -0.39 is 11.7 Å². The largest absolute Gasteiger partial charge is 0.496 e. The summed E-state index contributed by atoms with van der Waals surface area (Å²) in [5.74, 6) is 0.729. The molecule has 22 heavy (non-hydrogen) atoms. The summed E-state index contributed by atoms with van der Waals surface area (Å²) in [6.45, 7) is 0.517. The van der Waals surface area contributed by atoms with Gasteiger partial charge in [0.2, 0.25) is 0 Å². The number of hydrogen-bond acceptors (Lipinski definition) is 3. The monoisotopic (exact) mass is 310 g/mol. The van der Waals surface area contributed by atoms with Gasteiger partial charge in [-0.1, -0.05) is 36.4 Å². The molecule has 0 aliphatic rings. The van der Waals surface area contributed by atoms with Crippen LogP contribution in [0.3, 0.4) is 0 Å². The topological polar surface area (TPSA) is 33.3 Å². The molecule has 2 aromatic rings. The second kappa shape index (κ2) is 7.29. The molecule has 0 fully saturated rings. The summed E-state index contributed by atoms with van der Waals surface area (Å²) in [4.78, 5) is 0. The molecular formula is C16H17F3N2O.